The SMILES string of the molecule is Cc1c(F)cc(F)c(C(=O)c2c[nH]c(C=O)c2CCCN(C)Cc2nc3ccc(Cl)cc3[nH]2)c1F. The standard InChI is InChI=1S/C25H22ClF3N4O2/c1-13-17(27)9-18(28)23(24(13)29)25(35)16-10-30-21(12-34)15(16)4-3-7-33(2)11-22-31-19-6-5-14(26)8-20(19)32-22/h5-6,8-10,12,30H,3-4,7,11H2,1-2H3,(H,31,32). The number of benzene rings is 2. The van der Waals surface area contributed by atoms with Crippen molar-refractivity contribution in [3.05, 3.63) is 86.7 Å². The Morgan fingerprint density at radius 1 is 1.20 bits per heavy atom. The number of imidazole rings is 1. The Kier molecular flexibility index (Phi) is 7.09. The number of aldehydes is 1. The number of rotatable bonds is 9. The number of halogens is 4. The average molecular weight is 503 g/mol. The van der Waals surface area contributed by atoms with Gasteiger partial charge < -0.3 is 9.97 Å². The number of carbonyl (C=O) groups excluding carboxylic acids is 2. The number of nitrogens with zero attached hydrogens (tertiary/aromatic N) is 2. The number of hydrogen-bond donors (Lipinski definition) is 2. The molecular weight excluding hydrogens is 481 g/mol. The van der Waals surface area contributed by atoms with Crippen LogP contribution in [-0.2, 0) is 13.0 Å². The van der Waals surface area contributed by atoms with Crippen LogP contribution in [-0.4, -0.2) is 45.5 Å². The summed E-state index contributed by atoms with van der Waals surface area (Å²) in [4.78, 5) is 36.9. The normalized spacial score (nSPS) is 11.5. The number of carbonyl (C=O) groups is 2. The van der Waals surface area contributed by atoms with Crippen LogP contribution in [0, 0.1) is 24.4 Å². The Morgan fingerprint density at radius 2 is 1.97 bits per heavy atom. The third-order valence-electron chi connectivity index (χ3n) is 5.89. The summed E-state index contributed by atoms with van der Waals surface area (Å²) in [6.45, 7) is 2.24. The van der Waals surface area contributed by atoms with Crippen molar-refractivity contribution in [2.24, 2.45) is 0 Å². The molecule has 6 nitrogen and oxygen atoms in total. The lowest BCUT2D eigenvalue weighted by molar-refractivity contribution is 0.103. The van der Waals surface area contributed by atoms with Gasteiger partial charge in [0, 0.05) is 28.4 Å². The van der Waals surface area contributed by atoms with Crippen molar-refractivity contribution in [2.75, 3.05) is 13.6 Å². The molecule has 0 bridgehead atoms. The second-order valence-corrected chi connectivity index (χ2v) is 8.82. The molecule has 2 aromatic carbocycles. The molecule has 0 saturated carbocycles. The van der Waals surface area contributed by atoms with Gasteiger partial charge >= 0.3 is 0 Å². The van der Waals surface area contributed by atoms with Gasteiger partial charge in [-0.05, 0) is 57.1 Å². The molecule has 2 heterocycles. The van der Waals surface area contributed by atoms with E-state index < -0.39 is 34.4 Å². The number of hydrogen-bond acceptors (Lipinski definition) is 4. The fourth-order valence-corrected chi connectivity index (χ4v) is 4.22. The van der Waals surface area contributed by atoms with E-state index in [-0.39, 0.29) is 11.3 Å². The molecule has 0 aliphatic carbocycles. The van der Waals surface area contributed by atoms with E-state index in [4.69, 9.17) is 11.6 Å². The number of aromatic nitrogens is 3. The molecule has 0 amide bonds. The Hall–Kier alpha value is -3.43. The summed E-state index contributed by atoms with van der Waals surface area (Å²) in [7, 11) is 1.90. The molecule has 2 aromatic heterocycles. The Morgan fingerprint density at radius 3 is 2.71 bits per heavy atom. The molecule has 0 spiro atoms. The van der Waals surface area contributed by atoms with Crippen molar-refractivity contribution >= 4 is 34.7 Å². The summed E-state index contributed by atoms with van der Waals surface area (Å²) in [5, 5.41) is 0.611. The van der Waals surface area contributed by atoms with Crippen LogP contribution < -0.4 is 0 Å². The Bertz CT molecular complexity index is 1430. The highest BCUT2D eigenvalue weighted by Gasteiger charge is 2.26. The van der Waals surface area contributed by atoms with E-state index in [0.717, 1.165) is 23.8 Å². The predicted octanol–water partition coefficient (Wildman–Crippen LogP) is 5.38. The van der Waals surface area contributed by atoms with Gasteiger partial charge in [-0.25, -0.2) is 18.2 Å². The molecule has 0 saturated heterocycles. The molecule has 0 aliphatic rings. The lowest BCUT2D eigenvalue weighted by Crippen LogP contribution is -2.20. The number of fused-ring (bicyclic) bond motifs is 1. The second kappa shape index (κ2) is 10.1. The van der Waals surface area contributed by atoms with Gasteiger partial charge in [-0.1, -0.05) is 11.6 Å². The average Bonchev–Trinajstić information content (AvgIpc) is 3.40. The molecule has 4 aromatic rings. The van der Waals surface area contributed by atoms with Crippen molar-refractivity contribution < 1.29 is 22.8 Å². The lowest BCUT2D eigenvalue weighted by atomic mass is 9.96. The zero-order valence-electron chi connectivity index (χ0n) is 19.0. The smallest absolute Gasteiger partial charge is 0.200 e. The summed E-state index contributed by atoms with van der Waals surface area (Å²) in [6.07, 6.45) is 2.66. The minimum atomic E-state index is -1.29. The lowest BCUT2D eigenvalue weighted by Gasteiger charge is -2.15. The maximum absolute atomic E-state index is 14.5. The molecule has 2 N–H and O–H groups in total. The highest BCUT2D eigenvalue weighted by atomic mass is 35.5. The van der Waals surface area contributed by atoms with Gasteiger partial charge in [0.15, 0.2) is 6.29 Å². The Balaban J connectivity index is 1.47. The summed E-state index contributed by atoms with van der Waals surface area (Å²) in [6, 6.07) is 5.88. The topological polar surface area (TPSA) is 81.8 Å². The number of aromatic amines is 2. The maximum atomic E-state index is 14.5. The quantitative estimate of drug-likeness (QED) is 0.238. The summed E-state index contributed by atoms with van der Waals surface area (Å²) in [5.41, 5.74) is 0.845. The van der Waals surface area contributed by atoms with E-state index in [9.17, 15) is 22.8 Å². The van der Waals surface area contributed by atoms with Gasteiger partial charge in [0.2, 0.25) is 5.78 Å². The Labute approximate surface area is 204 Å². The summed E-state index contributed by atoms with van der Waals surface area (Å²) in [5.74, 6) is -3.80. The second-order valence-electron chi connectivity index (χ2n) is 8.38. The van der Waals surface area contributed by atoms with Crippen molar-refractivity contribution in [1.29, 1.82) is 0 Å². The van der Waals surface area contributed by atoms with Crippen LogP contribution in [0.25, 0.3) is 11.0 Å². The molecule has 182 valence electrons. The first-order valence-corrected chi connectivity index (χ1v) is 11.2. The van der Waals surface area contributed by atoms with E-state index in [1.165, 1.54) is 6.20 Å². The van der Waals surface area contributed by atoms with Gasteiger partial charge in [0.1, 0.15) is 23.3 Å². The molecular formula is C25H22ClF3N4O2. The molecule has 35 heavy (non-hydrogen) atoms. The summed E-state index contributed by atoms with van der Waals surface area (Å²) >= 11 is 6.01. The minimum absolute atomic E-state index is 0.0206. The zero-order chi connectivity index (χ0) is 25.3. The van der Waals surface area contributed by atoms with E-state index in [2.05, 4.69) is 15.0 Å². The van der Waals surface area contributed by atoms with Gasteiger partial charge in [0.05, 0.1) is 28.8 Å². The molecule has 0 unspecified atom stereocenters. The van der Waals surface area contributed by atoms with Crippen molar-refractivity contribution in [3.8, 4) is 0 Å². The fourth-order valence-electron chi connectivity index (χ4n) is 4.05. The first kappa shape index (κ1) is 24.7. The number of H-pyrrole nitrogens is 2. The molecule has 10 heteroatoms. The summed E-state index contributed by atoms with van der Waals surface area (Å²) < 4.78 is 42.5. The highest BCUT2D eigenvalue weighted by molar-refractivity contribution is 6.31. The van der Waals surface area contributed by atoms with Gasteiger partial charge in [-0.2, -0.15) is 0 Å². The van der Waals surface area contributed by atoms with Gasteiger partial charge in [-0.15, -0.1) is 0 Å². The van der Waals surface area contributed by atoms with Gasteiger partial charge in [0.25, 0.3) is 0 Å². The zero-order valence-corrected chi connectivity index (χ0v) is 19.8. The van der Waals surface area contributed by atoms with Crippen molar-refractivity contribution in [2.45, 2.75) is 26.3 Å². The van der Waals surface area contributed by atoms with Crippen LogP contribution in [0.15, 0.2) is 30.5 Å². The molecule has 0 radical (unpaired) electrons. The molecule has 0 aliphatic heterocycles. The van der Waals surface area contributed by atoms with Crippen molar-refractivity contribution in [3.63, 3.8) is 0 Å². The van der Waals surface area contributed by atoms with Crippen LogP contribution in [0.2, 0.25) is 5.02 Å². The van der Waals surface area contributed by atoms with E-state index in [1.807, 2.05) is 18.0 Å². The maximum Gasteiger partial charge on any atom is 0.200 e. The van der Waals surface area contributed by atoms with Crippen LogP contribution in [0.5, 0.6) is 0 Å². The van der Waals surface area contributed by atoms with E-state index in [1.54, 1.807) is 12.1 Å². The highest BCUT2D eigenvalue weighted by Crippen LogP contribution is 2.26. The van der Waals surface area contributed by atoms with Crippen molar-refractivity contribution in [1.82, 2.24) is 19.9 Å². The van der Waals surface area contributed by atoms with E-state index >= 15 is 0 Å². The van der Waals surface area contributed by atoms with Crippen LogP contribution in [0.4, 0.5) is 13.2 Å². The number of nitrogens with one attached hydrogen (secondary N) is 2. The van der Waals surface area contributed by atoms with Crippen LogP contribution >= 0.6 is 11.6 Å². The third-order valence-corrected chi connectivity index (χ3v) is 6.13. The van der Waals surface area contributed by atoms with E-state index in [0.29, 0.717) is 48.9 Å². The van der Waals surface area contributed by atoms with Crippen LogP contribution in [0.1, 0.15) is 49.8 Å². The first-order chi connectivity index (χ1) is 16.7. The first-order valence-electron chi connectivity index (χ1n) is 10.9. The monoisotopic (exact) mass is 502 g/mol. The largest absolute Gasteiger partial charge is 0.358 e. The minimum Gasteiger partial charge on any atom is -0.358 e. The van der Waals surface area contributed by atoms with Gasteiger partial charge in [-0.3, -0.25) is 14.5 Å². The molecule has 0 atom stereocenters. The third kappa shape index (κ3) is 5.01. The predicted molar refractivity (Wildman–Crippen MR) is 126 cm³/mol. The molecule has 0 fully saturated rings. The van der Waals surface area contributed by atoms with Crippen LogP contribution in [0.3, 0.4) is 0 Å². The fraction of sp³-hybridized carbons (Fsp3) is 0.240. The molecule has 4 rings (SSSR count). The number of ketones is 1.